The van der Waals surface area contributed by atoms with Gasteiger partial charge in [0.1, 0.15) is 18.1 Å². The molecule has 4 unspecified atom stereocenters. The van der Waals surface area contributed by atoms with E-state index in [2.05, 4.69) is 16.0 Å². The Morgan fingerprint density at radius 3 is 2.00 bits per heavy atom. The monoisotopic (exact) mass is 508 g/mol. The molecule has 10 heteroatoms. The van der Waals surface area contributed by atoms with Crippen molar-refractivity contribution in [3.05, 3.63) is 35.9 Å². The highest BCUT2D eigenvalue weighted by atomic mass is 32.2. The Kier molecular flexibility index (Phi) is 13.4. The van der Waals surface area contributed by atoms with Crippen molar-refractivity contribution in [3.63, 3.8) is 0 Å². The number of benzene rings is 1. The van der Waals surface area contributed by atoms with E-state index in [1.165, 1.54) is 11.8 Å². The lowest BCUT2D eigenvalue weighted by Crippen LogP contribution is -2.58. The number of carboxylic acid groups (broad SMARTS) is 1. The number of hydrogen-bond donors (Lipinski definition) is 5. The minimum atomic E-state index is -1.15. The first-order valence-electron chi connectivity index (χ1n) is 11.9. The molecule has 1 aromatic carbocycles. The molecule has 35 heavy (non-hydrogen) atoms. The summed E-state index contributed by atoms with van der Waals surface area (Å²) in [5, 5.41) is 17.5. The summed E-state index contributed by atoms with van der Waals surface area (Å²) in [5.41, 5.74) is 6.79. The standard InChI is InChI=1S/C25H40N4O5S/c1-15(2)13-18(26)22(30)27-19(11-12-35-5)23(31)28-20(14-17-9-7-6-8-10-17)24(32)29-21(16(3)4)25(33)34/h6-10,15-16,18-21H,11-14,26H2,1-5H3,(H,27,30)(H,28,31)(H,29,32)(H,33,34). The summed E-state index contributed by atoms with van der Waals surface area (Å²) in [7, 11) is 0. The van der Waals surface area contributed by atoms with Crippen LogP contribution in [0.25, 0.3) is 0 Å². The van der Waals surface area contributed by atoms with Crippen LogP contribution in [-0.4, -0.2) is 65.0 Å². The van der Waals surface area contributed by atoms with E-state index >= 15 is 0 Å². The molecule has 0 saturated heterocycles. The molecule has 0 aliphatic rings. The second kappa shape index (κ2) is 15.4. The van der Waals surface area contributed by atoms with Gasteiger partial charge in [-0.3, -0.25) is 14.4 Å². The van der Waals surface area contributed by atoms with Gasteiger partial charge in [0.05, 0.1) is 6.04 Å². The minimum Gasteiger partial charge on any atom is -0.480 e. The number of carbonyl (C=O) groups is 4. The van der Waals surface area contributed by atoms with Gasteiger partial charge in [0.25, 0.3) is 0 Å². The molecule has 0 aromatic heterocycles. The highest BCUT2D eigenvalue weighted by molar-refractivity contribution is 7.98. The summed E-state index contributed by atoms with van der Waals surface area (Å²) in [6, 6.07) is 5.37. The quantitative estimate of drug-likeness (QED) is 0.241. The SMILES string of the molecule is CSCCC(NC(=O)C(N)CC(C)C)C(=O)NC(Cc1ccccc1)C(=O)NC(C(=O)O)C(C)C. The lowest BCUT2D eigenvalue weighted by atomic mass is 10.0. The molecule has 3 amide bonds. The molecule has 0 saturated carbocycles. The molecule has 1 rings (SSSR count). The van der Waals surface area contributed by atoms with E-state index in [1.807, 2.05) is 50.4 Å². The van der Waals surface area contributed by atoms with Gasteiger partial charge in [0.2, 0.25) is 17.7 Å². The van der Waals surface area contributed by atoms with Crippen molar-refractivity contribution in [2.24, 2.45) is 17.6 Å². The van der Waals surface area contributed by atoms with E-state index in [0.717, 1.165) is 5.56 Å². The number of nitrogens with two attached hydrogens (primary N) is 1. The Hall–Kier alpha value is -2.59. The zero-order valence-corrected chi connectivity index (χ0v) is 22.1. The number of carboxylic acids is 1. The van der Waals surface area contributed by atoms with Crippen LogP contribution in [0, 0.1) is 11.8 Å². The second-order valence-corrected chi connectivity index (χ2v) is 10.4. The summed E-state index contributed by atoms with van der Waals surface area (Å²) in [4.78, 5) is 50.5. The van der Waals surface area contributed by atoms with E-state index in [4.69, 9.17) is 5.73 Å². The van der Waals surface area contributed by atoms with Crippen LogP contribution in [0.3, 0.4) is 0 Å². The van der Waals surface area contributed by atoms with Crippen LogP contribution in [0.2, 0.25) is 0 Å². The predicted octanol–water partition coefficient (Wildman–Crippen LogP) is 1.55. The van der Waals surface area contributed by atoms with Crippen LogP contribution in [0.4, 0.5) is 0 Å². The molecule has 0 spiro atoms. The number of hydrogen-bond acceptors (Lipinski definition) is 6. The summed E-state index contributed by atoms with van der Waals surface area (Å²) in [6.07, 6.45) is 2.90. The third kappa shape index (κ3) is 11.1. The molecule has 0 bridgehead atoms. The molecule has 0 heterocycles. The number of nitrogens with one attached hydrogen (secondary N) is 3. The smallest absolute Gasteiger partial charge is 0.326 e. The van der Waals surface area contributed by atoms with Gasteiger partial charge in [0.15, 0.2) is 0 Å². The van der Waals surface area contributed by atoms with Crippen molar-refractivity contribution in [3.8, 4) is 0 Å². The molecular formula is C25H40N4O5S. The summed E-state index contributed by atoms with van der Waals surface area (Å²) in [6.45, 7) is 7.30. The first-order chi connectivity index (χ1) is 16.5. The number of amides is 3. The Morgan fingerprint density at radius 1 is 0.914 bits per heavy atom. The van der Waals surface area contributed by atoms with Crippen molar-refractivity contribution in [1.82, 2.24) is 16.0 Å². The summed E-state index contributed by atoms with van der Waals surface area (Å²) < 4.78 is 0. The van der Waals surface area contributed by atoms with Crippen molar-refractivity contribution >= 4 is 35.5 Å². The maximum absolute atomic E-state index is 13.2. The number of rotatable bonds is 15. The van der Waals surface area contributed by atoms with E-state index in [1.54, 1.807) is 13.8 Å². The molecule has 0 aliphatic carbocycles. The largest absolute Gasteiger partial charge is 0.480 e. The molecule has 0 radical (unpaired) electrons. The van der Waals surface area contributed by atoms with Gasteiger partial charge in [-0.2, -0.15) is 11.8 Å². The maximum Gasteiger partial charge on any atom is 0.326 e. The summed E-state index contributed by atoms with van der Waals surface area (Å²) in [5.74, 6) is -2.21. The molecule has 0 aliphatic heterocycles. The molecule has 0 fully saturated rings. The lowest BCUT2D eigenvalue weighted by Gasteiger charge is -2.26. The topological polar surface area (TPSA) is 151 Å². The van der Waals surface area contributed by atoms with Crippen molar-refractivity contribution in [1.29, 1.82) is 0 Å². The Balaban J connectivity index is 3.08. The Morgan fingerprint density at radius 2 is 1.49 bits per heavy atom. The van der Waals surface area contributed by atoms with Gasteiger partial charge in [0, 0.05) is 6.42 Å². The van der Waals surface area contributed by atoms with Gasteiger partial charge in [-0.05, 0) is 42.2 Å². The highest BCUT2D eigenvalue weighted by Gasteiger charge is 2.31. The first kappa shape index (κ1) is 30.4. The number of thioether (sulfide) groups is 1. The average Bonchev–Trinajstić information content (AvgIpc) is 2.79. The number of carbonyl (C=O) groups excluding carboxylic acids is 3. The minimum absolute atomic E-state index is 0.166. The van der Waals surface area contributed by atoms with Crippen LogP contribution in [0.15, 0.2) is 30.3 Å². The van der Waals surface area contributed by atoms with E-state index in [-0.39, 0.29) is 18.3 Å². The van der Waals surface area contributed by atoms with Crippen LogP contribution in [-0.2, 0) is 25.6 Å². The van der Waals surface area contributed by atoms with Crippen molar-refractivity contribution < 1.29 is 24.3 Å². The normalized spacial score (nSPS) is 14.6. The average molecular weight is 509 g/mol. The van der Waals surface area contributed by atoms with Crippen molar-refractivity contribution in [2.45, 2.75) is 71.1 Å². The second-order valence-electron chi connectivity index (χ2n) is 9.40. The van der Waals surface area contributed by atoms with E-state index < -0.39 is 47.9 Å². The number of aliphatic carboxylic acids is 1. The van der Waals surface area contributed by atoms with Crippen molar-refractivity contribution in [2.75, 3.05) is 12.0 Å². The maximum atomic E-state index is 13.2. The fraction of sp³-hybridized carbons (Fsp3) is 0.600. The van der Waals surface area contributed by atoms with E-state index in [9.17, 15) is 24.3 Å². The third-order valence-corrected chi connectivity index (χ3v) is 6.10. The van der Waals surface area contributed by atoms with Gasteiger partial charge in [-0.15, -0.1) is 0 Å². The molecule has 4 atom stereocenters. The fourth-order valence-electron chi connectivity index (χ4n) is 3.50. The van der Waals surface area contributed by atoms with Gasteiger partial charge < -0.3 is 26.8 Å². The van der Waals surface area contributed by atoms with Crippen LogP contribution < -0.4 is 21.7 Å². The Labute approximate surface area is 212 Å². The van der Waals surface area contributed by atoms with Crippen LogP contribution in [0.5, 0.6) is 0 Å². The Bertz CT molecular complexity index is 834. The van der Waals surface area contributed by atoms with Gasteiger partial charge in [-0.1, -0.05) is 58.0 Å². The molecule has 9 nitrogen and oxygen atoms in total. The molecule has 196 valence electrons. The van der Waals surface area contributed by atoms with Gasteiger partial charge >= 0.3 is 5.97 Å². The first-order valence-corrected chi connectivity index (χ1v) is 13.3. The summed E-state index contributed by atoms with van der Waals surface area (Å²) >= 11 is 1.53. The van der Waals surface area contributed by atoms with E-state index in [0.29, 0.717) is 18.6 Å². The fourth-order valence-corrected chi connectivity index (χ4v) is 3.97. The van der Waals surface area contributed by atoms with Gasteiger partial charge in [-0.25, -0.2) is 4.79 Å². The molecule has 1 aromatic rings. The lowest BCUT2D eigenvalue weighted by molar-refractivity contribution is -0.143. The van der Waals surface area contributed by atoms with Crippen LogP contribution in [0.1, 0.15) is 46.1 Å². The third-order valence-electron chi connectivity index (χ3n) is 5.45. The molecular weight excluding hydrogens is 468 g/mol. The zero-order chi connectivity index (χ0) is 26.5. The highest BCUT2D eigenvalue weighted by Crippen LogP contribution is 2.09. The zero-order valence-electron chi connectivity index (χ0n) is 21.2. The predicted molar refractivity (Wildman–Crippen MR) is 139 cm³/mol. The molecule has 6 N–H and O–H groups in total. The van der Waals surface area contributed by atoms with Crippen LogP contribution >= 0.6 is 11.8 Å².